The van der Waals surface area contributed by atoms with Crippen LogP contribution in [0.2, 0.25) is 0 Å². The third-order valence-electron chi connectivity index (χ3n) is 14.6. The van der Waals surface area contributed by atoms with Gasteiger partial charge in [-0.05, 0) is 44.9 Å². The van der Waals surface area contributed by atoms with Gasteiger partial charge in [0.2, 0.25) is 0 Å². The van der Waals surface area contributed by atoms with Crippen molar-refractivity contribution in [2.24, 2.45) is 0 Å². The fourth-order valence-electron chi connectivity index (χ4n) is 9.70. The van der Waals surface area contributed by atoms with Gasteiger partial charge in [-0.1, -0.05) is 338 Å². The van der Waals surface area contributed by atoms with Crippen molar-refractivity contribution in [2.45, 2.75) is 348 Å². The Morgan fingerprint density at radius 2 is 0.520 bits per heavy atom. The number of carbonyl (C=O) groups is 3. The summed E-state index contributed by atoms with van der Waals surface area (Å²) in [5, 5.41) is 0. The highest BCUT2D eigenvalue weighted by Gasteiger charge is 2.19. The van der Waals surface area contributed by atoms with Gasteiger partial charge in [0, 0.05) is 12.8 Å². The first kappa shape index (κ1) is 72.1. The van der Waals surface area contributed by atoms with Crippen molar-refractivity contribution in [1.29, 1.82) is 0 Å². The van der Waals surface area contributed by atoms with Crippen molar-refractivity contribution in [3.8, 4) is 0 Å². The van der Waals surface area contributed by atoms with Crippen LogP contribution in [0, 0.1) is 0 Å². The van der Waals surface area contributed by atoms with Crippen LogP contribution in [0.4, 0.5) is 0 Å². The van der Waals surface area contributed by atoms with Crippen molar-refractivity contribution >= 4 is 17.9 Å². The number of allylic oxidation sites excluding steroid dienone is 9. The molecule has 0 rings (SSSR count). The van der Waals surface area contributed by atoms with E-state index in [4.69, 9.17) is 14.2 Å². The summed E-state index contributed by atoms with van der Waals surface area (Å²) < 4.78 is 16.8. The number of hydrogen-bond acceptors (Lipinski definition) is 6. The van der Waals surface area contributed by atoms with E-state index in [1.807, 2.05) is 12.2 Å². The highest BCUT2D eigenvalue weighted by Crippen LogP contribution is 2.18. The second-order valence-electron chi connectivity index (χ2n) is 22.0. The van der Waals surface area contributed by atoms with Crippen LogP contribution in [0.1, 0.15) is 342 Å². The average molecular weight is 1050 g/mol. The summed E-state index contributed by atoms with van der Waals surface area (Å²) in [6, 6.07) is 0. The fraction of sp³-hybridized carbons (Fsp3) is 0.812. The lowest BCUT2D eigenvalue weighted by Crippen LogP contribution is -2.30. The molecule has 75 heavy (non-hydrogen) atoms. The van der Waals surface area contributed by atoms with Crippen LogP contribution in [0.25, 0.3) is 0 Å². The van der Waals surface area contributed by atoms with E-state index >= 15 is 0 Å². The van der Waals surface area contributed by atoms with Gasteiger partial charge >= 0.3 is 17.9 Å². The SMILES string of the molecule is CC/C=C\C/C=C\C/C=C\C/C=C\C/C=C\CC(=O)OCC(COC(=O)CCCCCCCCCCCCCCCCCCCCCCC)OC(=O)CCCCCCCCCCCCCCCCCCCCCCC. The molecule has 0 spiro atoms. The van der Waals surface area contributed by atoms with Gasteiger partial charge in [-0.2, -0.15) is 0 Å². The zero-order valence-corrected chi connectivity index (χ0v) is 50.1. The predicted octanol–water partition coefficient (Wildman–Crippen LogP) is 22.3. The molecule has 0 saturated carbocycles. The summed E-state index contributed by atoms with van der Waals surface area (Å²) in [5.74, 6) is -1.01. The zero-order valence-electron chi connectivity index (χ0n) is 50.1. The minimum absolute atomic E-state index is 0.0991. The molecule has 0 aromatic carbocycles. The van der Waals surface area contributed by atoms with Crippen molar-refractivity contribution in [3.63, 3.8) is 0 Å². The molecule has 1 atom stereocenters. The Morgan fingerprint density at radius 3 is 0.813 bits per heavy atom. The topological polar surface area (TPSA) is 78.9 Å². The molecule has 0 aromatic heterocycles. The normalized spacial score (nSPS) is 12.4. The van der Waals surface area contributed by atoms with Crippen LogP contribution < -0.4 is 0 Å². The molecular formula is C69H124O6. The average Bonchev–Trinajstić information content (AvgIpc) is 3.41. The smallest absolute Gasteiger partial charge is 0.309 e. The summed E-state index contributed by atoms with van der Waals surface area (Å²) in [6.45, 7) is 6.50. The molecule has 0 aliphatic heterocycles. The van der Waals surface area contributed by atoms with Crippen molar-refractivity contribution in [2.75, 3.05) is 13.2 Å². The Labute approximate surface area is 466 Å². The Kier molecular flexibility index (Phi) is 61.2. The molecule has 6 heteroatoms. The second-order valence-corrected chi connectivity index (χ2v) is 22.0. The highest BCUT2D eigenvalue weighted by atomic mass is 16.6. The first-order valence-electron chi connectivity index (χ1n) is 32.8. The van der Waals surface area contributed by atoms with Crippen molar-refractivity contribution in [1.82, 2.24) is 0 Å². The van der Waals surface area contributed by atoms with E-state index in [9.17, 15) is 14.4 Å². The lowest BCUT2D eigenvalue weighted by Gasteiger charge is -2.18. The van der Waals surface area contributed by atoms with Gasteiger partial charge in [0.15, 0.2) is 6.10 Å². The number of esters is 3. The lowest BCUT2D eigenvalue weighted by molar-refractivity contribution is -0.166. The Hall–Kier alpha value is -2.89. The van der Waals surface area contributed by atoms with Gasteiger partial charge in [-0.3, -0.25) is 14.4 Å². The molecule has 0 saturated heterocycles. The van der Waals surface area contributed by atoms with E-state index in [2.05, 4.69) is 69.4 Å². The molecular weight excluding hydrogens is 925 g/mol. The Balaban J connectivity index is 4.36. The van der Waals surface area contributed by atoms with E-state index in [-0.39, 0.29) is 31.6 Å². The summed E-state index contributed by atoms with van der Waals surface area (Å²) in [5.41, 5.74) is 0. The van der Waals surface area contributed by atoms with Crippen LogP contribution in [-0.2, 0) is 28.6 Å². The summed E-state index contributed by atoms with van der Waals surface area (Å²) in [4.78, 5) is 38.3. The first-order valence-corrected chi connectivity index (χ1v) is 32.8. The van der Waals surface area contributed by atoms with Gasteiger partial charge < -0.3 is 14.2 Å². The third kappa shape index (κ3) is 61.8. The first-order chi connectivity index (χ1) is 37.0. The Bertz CT molecular complexity index is 1340. The molecule has 0 N–H and O–H groups in total. The molecule has 0 aliphatic carbocycles. The van der Waals surface area contributed by atoms with Crippen LogP contribution in [0.15, 0.2) is 60.8 Å². The highest BCUT2D eigenvalue weighted by molar-refractivity contribution is 5.72. The number of carbonyl (C=O) groups excluding carboxylic acids is 3. The standard InChI is InChI=1S/C69H124O6/c1-4-7-10-13-16-19-22-25-28-30-32-34-36-38-41-44-47-50-53-56-59-62-68(71)74-65-66(64-73-67(70)61-58-55-52-49-46-43-40-27-24-21-18-15-12-9-6-3)75-69(72)63-60-57-54-51-48-45-42-39-37-35-33-31-29-26-23-20-17-14-11-8-5-2/h9,12,18,21,27,40,46,49,55,58,66H,4-8,10-11,13-17,19-20,22-26,28-39,41-45,47-48,50-54,56-57,59-65H2,1-3H3/b12-9-,21-18-,40-27-,49-46-,58-55-. The molecule has 0 fully saturated rings. The van der Waals surface area contributed by atoms with Gasteiger partial charge in [0.05, 0.1) is 6.42 Å². The van der Waals surface area contributed by atoms with Gasteiger partial charge in [0.1, 0.15) is 13.2 Å². The third-order valence-corrected chi connectivity index (χ3v) is 14.6. The predicted molar refractivity (Wildman–Crippen MR) is 325 cm³/mol. The molecule has 0 bridgehead atoms. The maximum atomic E-state index is 12.9. The van der Waals surface area contributed by atoms with Gasteiger partial charge in [-0.25, -0.2) is 0 Å². The molecule has 6 nitrogen and oxygen atoms in total. The van der Waals surface area contributed by atoms with E-state index in [1.54, 1.807) is 0 Å². The molecule has 1 unspecified atom stereocenters. The largest absolute Gasteiger partial charge is 0.462 e. The molecule has 0 heterocycles. The van der Waals surface area contributed by atoms with Crippen LogP contribution in [0.5, 0.6) is 0 Å². The summed E-state index contributed by atoms with van der Waals surface area (Å²) >= 11 is 0. The fourth-order valence-corrected chi connectivity index (χ4v) is 9.70. The maximum Gasteiger partial charge on any atom is 0.309 e. The second kappa shape index (κ2) is 63.6. The number of ether oxygens (including phenoxy) is 3. The quantitative estimate of drug-likeness (QED) is 0.0261. The maximum absolute atomic E-state index is 12.9. The number of rotatable bonds is 60. The molecule has 0 aromatic rings. The van der Waals surface area contributed by atoms with Crippen molar-refractivity contribution in [3.05, 3.63) is 60.8 Å². The van der Waals surface area contributed by atoms with E-state index < -0.39 is 12.1 Å². The lowest BCUT2D eigenvalue weighted by atomic mass is 10.0. The zero-order chi connectivity index (χ0) is 54.3. The monoisotopic (exact) mass is 1050 g/mol. The molecule has 436 valence electrons. The van der Waals surface area contributed by atoms with Gasteiger partial charge in [0.25, 0.3) is 0 Å². The van der Waals surface area contributed by atoms with Crippen molar-refractivity contribution < 1.29 is 28.6 Å². The Morgan fingerprint density at radius 1 is 0.280 bits per heavy atom. The van der Waals surface area contributed by atoms with E-state index in [0.717, 1.165) is 70.6 Å². The minimum Gasteiger partial charge on any atom is -0.462 e. The minimum atomic E-state index is -0.812. The van der Waals surface area contributed by atoms with Gasteiger partial charge in [-0.15, -0.1) is 0 Å². The van der Waals surface area contributed by atoms with Crippen LogP contribution >= 0.6 is 0 Å². The summed E-state index contributed by atoms with van der Waals surface area (Å²) in [7, 11) is 0. The summed E-state index contributed by atoms with van der Waals surface area (Å²) in [6.07, 6.45) is 81.2. The van der Waals surface area contributed by atoms with E-state index in [1.165, 1.54) is 231 Å². The molecule has 0 amide bonds. The number of unbranched alkanes of at least 4 members (excludes halogenated alkanes) is 40. The van der Waals surface area contributed by atoms with Crippen LogP contribution in [0.3, 0.4) is 0 Å². The molecule has 0 aliphatic rings. The van der Waals surface area contributed by atoms with Crippen LogP contribution in [-0.4, -0.2) is 37.2 Å². The van der Waals surface area contributed by atoms with E-state index in [0.29, 0.717) is 12.8 Å². The number of hydrogen-bond donors (Lipinski definition) is 0. The molecule has 0 radical (unpaired) electrons.